The zero-order valence-corrected chi connectivity index (χ0v) is 19.2. The minimum atomic E-state index is -0.745. The van der Waals surface area contributed by atoms with Gasteiger partial charge in [-0.3, -0.25) is 0 Å². The van der Waals surface area contributed by atoms with Gasteiger partial charge in [-0.25, -0.2) is 0 Å². The summed E-state index contributed by atoms with van der Waals surface area (Å²) >= 11 is 0. The van der Waals surface area contributed by atoms with Crippen LogP contribution in [0.5, 0.6) is 11.5 Å². The second-order valence-corrected chi connectivity index (χ2v) is 10.4. The number of aliphatic hydroxyl groups excluding tert-OH is 1. The quantitative estimate of drug-likeness (QED) is 0.312. The average Bonchev–Trinajstić information content (AvgIpc) is 2.65. The Labute approximate surface area is 184 Å². The Bertz CT molecular complexity index is 791. The smallest absolute Gasteiger partial charge is 0.294 e. The van der Waals surface area contributed by atoms with E-state index >= 15 is 0 Å². The van der Waals surface area contributed by atoms with Crippen molar-refractivity contribution in [3.63, 3.8) is 0 Å². The van der Waals surface area contributed by atoms with E-state index in [1.807, 2.05) is 6.07 Å². The summed E-state index contributed by atoms with van der Waals surface area (Å²) in [4.78, 5) is 14.5. The van der Waals surface area contributed by atoms with E-state index in [4.69, 9.17) is 4.74 Å². The fourth-order valence-corrected chi connectivity index (χ4v) is 5.42. The van der Waals surface area contributed by atoms with Gasteiger partial charge in [0.15, 0.2) is 0 Å². The Hall–Kier alpha value is -2.02. The number of unbranched alkanes of at least 4 members (excludes halogenated alkanes) is 3. The highest BCUT2D eigenvalue weighted by atomic mass is 16.9. The molecule has 1 heterocycles. The number of benzene rings is 1. The van der Waals surface area contributed by atoms with Gasteiger partial charge >= 0.3 is 0 Å². The number of phenols is 1. The van der Waals surface area contributed by atoms with Gasteiger partial charge in [-0.05, 0) is 69.1 Å². The van der Waals surface area contributed by atoms with Gasteiger partial charge in [-0.2, -0.15) is 0 Å². The number of rotatable bonds is 9. The molecule has 2 N–H and O–H groups in total. The lowest BCUT2D eigenvalue weighted by molar-refractivity contribution is -0.757. The van der Waals surface area contributed by atoms with E-state index in [-0.39, 0.29) is 41.3 Å². The molecule has 1 aromatic carbocycles. The van der Waals surface area contributed by atoms with Crippen LogP contribution in [0.4, 0.5) is 0 Å². The van der Waals surface area contributed by atoms with E-state index in [0.717, 1.165) is 55.4 Å². The molecule has 3 atom stereocenters. The Balaban J connectivity index is 1.69. The average molecular weight is 436 g/mol. The summed E-state index contributed by atoms with van der Waals surface area (Å²) in [6, 6.07) is 3.96. The van der Waals surface area contributed by atoms with Crippen LogP contribution in [0.2, 0.25) is 0 Å². The van der Waals surface area contributed by atoms with Crippen LogP contribution >= 0.6 is 0 Å². The molecule has 0 saturated heterocycles. The number of fused-ring (bicyclic) bond motifs is 3. The van der Waals surface area contributed by atoms with Gasteiger partial charge < -0.3 is 19.8 Å². The lowest BCUT2D eigenvalue weighted by Crippen LogP contribution is -2.47. The zero-order valence-electron chi connectivity index (χ0n) is 19.2. The summed E-state index contributed by atoms with van der Waals surface area (Å²) in [5, 5.41) is 30.7. The third-order valence-corrected chi connectivity index (χ3v) is 7.25. The number of nitrogens with zero attached hydrogens (tertiary/aromatic N) is 1. The van der Waals surface area contributed by atoms with Crippen molar-refractivity contribution in [1.29, 1.82) is 0 Å². The molecule has 3 rings (SSSR count). The Kier molecular flexibility index (Phi) is 7.04. The fourth-order valence-electron chi connectivity index (χ4n) is 5.42. The lowest BCUT2D eigenvalue weighted by atomic mass is 9.65. The third kappa shape index (κ3) is 5.43. The van der Waals surface area contributed by atoms with Crippen LogP contribution in [0.25, 0.3) is 0 Å². The van der Waals surface area contributed by atoms with Crippen molar-refractivity contribution in [2.75, 3.05) is 6.61 Å². The summed E-state index contributed by atoms with van der Waals surface area (Å²) in [6.07, 6.45) is 6.51. The zero-order chi connectivity index (χ0) is 22.8. The molecule has 1 aliphatic carbocycles. The van der Waals surface area contributed by atoms with Crippen LogP contribution in [0, 0.1) is 16.0 Å². The van der Waals surface area contributed by atoms with Crippen LogP contribution in [-0.2, 0) is 10.3 Å². The maximum Gasteiger partial charge on any atom is 0.294 e. The van der Waals surface area contributed by atoms with Gasteiger partial charge in [0.25, 0.3) is 5.09 Å². The number of hydrogen-bond acceptors (Lipinski definition) is 6. The van der Waals surface area contributed by atoms with Gasteiger partial charge in [0.1, 0.15) is 17.1 Å². The molecule has 7 nitrogen and oxygen atoms in total. The highest BCUT2D eigenvalue weighted by molar-refractivity contribution is 5.53. The normalized spacial score (nSPS) is 24.6. The molecule has 2 aliphatic rings. The van der Waals surface area contributed by atoms with Crippen molar-refractivity contribution in [1.82, 2.24) is 0 Å². The SMILES string of the molecule is CC(C)(CCCCCCO[N+](=O)[O-])c1cc(O)c2c(c1)OC(C)(C)[C@@H]1CC[C@@H](O)C[C@@H]21. The maximum absolute atomic E-state index is 11.0. The van der Waals surface area contributed by atoms with Crippen LogP contribution < -0.4 is 4.74 Å². The van der Waals surface area contributed by atoms with E-state index in [1.54, 1.807) is 0 Å². The van der Waals surface area contributed by atoms with Crippen molar-refractivity contribution in [3.05, 3.63) is 33.4 Å². The van der Waals surface area contributed by atoms with Crippen molar-refractivity contribution in [2.45, 2.75) is 102 Å². The minimum Gasteiger partial charge on any atom is -0.508 e. The second kappa shape index (κ2) is 9.23. The first-order valence-electron chi connectivity index (χ1n) is 11.5. The molecule has 31 heavy (non-hydrogen) atoms. The first kappa shape index (κ1) is 23.6. The summed E-state index contributed by atoms with van der Waals surface area (Å²) in [5.41, 5.74) is 1.43. The van der Waals surface area contributed by atoms with E-state index in [2.05, 4.69) is 38.6 Å². The van der Waals surface area contributed by atoms with Gasteiger partial charge in [0.2, 0.25) is 0 Å². The van der Waals surface area contributed by atoms with E-state index in [0.29, 0.717) is 12.8 Å². The van der Waals surface area contributed by atoms with Crippen LogP contribution in [0.15, 0.2) is 12.1 Å². The summed E-state index contributed by atoms with van der Waals surface area (Å²) in [5.74, 6) is 1.42. The molecule has 1 aliphatic heterocycles. The molecule has 1 fully saturated rings. The molecule has 0 spiro atoms. The van der Waals surface area contributed by atoms with Crippen LogP contribution in [-0.4, -0.2) is 33.6 Å². The topological polar surface area (TPSA) is 102 Å². The van der Waals surface area contributed by atoms with Crippen molar-refractivity contribution >= 4 is 0 Å². The monoisotopic (exact) mass is 435 g/mol. The van der Waals surface area contributed by atoms with E-state index < -0.39 is 5.09 Å². The van der Waals surface area contributed by atoms with Crippen molar-refractivity contribution in [3.8, 4) is 11.5 Å². The molecule has 1 aromatic rings. The third-order valence-electron chi connectivity index (χ3n) is 7.25. The van der Waals surface area contributed by atoms with E-state index in [9.17, 15) is 20.3 Å². The largest absolute Gasteiger partial charge is 0.508 e. The molecule has 0 radical (unpaired) electrons. The van der Waals surface area contributed by atoms with Crippen molar-refractivity contribution in [2.24, 2.45) is 5.92 Å². The molecule has 0 unspecified atom stereocenters. The Morgan fingerprint density at radius 2 is 1.94 bits per heavy atom. The molecule has 174 valence electrons. The molecule has 1 saturated carbocycles. The molecular weight excluding hydrogens is 398 g/mol. The van der Waals surface area contributed by atoms with Crippen molar-refractivity contribution < 1.29 is 24.9 Å². The minimum absolute atomic E-state index is 0.112. The van der Waals surface area contributed by atoms with Gasteiger partial charge in [-0.1, -0.05) is 33.1 Å². The molecule has 7 heteroatoms. The molecule has 0 amide bonds. The Morgan fingerprint density at radius 3 is 2.65 bits per heavy atom. The summed E-state index contributed by atoms with van der Waals surface area (Å²) < 4.78 is 6.42. The van der Waals surface area contributed by atoms with E-state index in [1.165, 1.54) is 0 Å². The number of hydrogen-bond donors (Lipinski definition) is 2. The molecule has 0 bridgehead atoms. The van der Waals surface area contributed by atoms with Crippen LogP contribution in [0.3, 0.4) is 0 Å². The van der Waals surface area contributed by atoms with Crippen LogP contribution in [0.1, 0.15) is 96.1 Å². The maximum atomic E-state index is 11.0. The number of ether oxygens (including phenoxy) is 1. The summed E-state index contributed by atoms with van der Waals surface area (Å²) in [6.45, 7) is 8.72. The highest BCUT2D eigenvalue weighted by Gasteiger charge is 2.47. The van der Waals surface area contributed by atoms with Gasteiger partial charge in [0.05, 0.1) is 12.7 Å². The predicted molar refractivity (Wildman–Crippen MR) is 118 cm³/mol. The Morgan fingerprint density at radius 1 is 1.23 bits per heavy atom. The van der Waals surface area contributed by atoms with Gasteiger partial charge in [0, 0.05) is 17.4 Å². The second-order valence-electron chi connectivity index (χ2n) is 10.4. The molecule has 0 aromatic heterocycles. The first-order valence-corrected chi connectivity index (χ1v) is 11.5. The molecular formula is C24H37NO6. The highest BCUT2D eigenvalue weighted by Crippen LogP contribution is 2.55. The van der Waals surface area contributed by atoms with Gasteiger partial charge in [-0.15, -0.1) is 10.1 Å². The standard InChI is InChI=1S/C24H37NO6/c1-23(2,11-7-5-6-8-12-30-25(28)29)16-13-20(27)22-18-15-17(26)9-10-19(18)24(3,4)31-21(22)14-16/h13-14,17-19,26-27H,5-12,15H2,1-4H3/t17-,18-,19-/m1/s1. The first-order chi connectivity index (χ1) is 14.5. The summed E-state index contributed by atoms with van der Waals surface area (Å²) in [7, 11) is 0. The number of aliphatic hydroxyl groups is 1. The predicted octanol–water partition coefficient (Wildman–Crippen LogP) is 5.24. The lowest BCUT2D eigenvalue weighted by Gasteiger charge is -2.48. The number of phenolic OH excluding ortho intramolecular Hbond substituents is 1. The fraction of sp³-hybridized carbons (Fsp3) is 0.750. The number of aromatic hydroxyl groups is 1.